The van der Waals surface area contributed by atoms with Crippen LogP contribution in [0, 0.1) is 6.92 Å². The molecule has 2 rings (SSSR count). The Kier molecular flexibility index (Phi) is 4.60. The minimum Gasteiger partial charge on any atom is -0.257 e. The lowest BCUT2D eigenvalue weighted by molar-refractivity contribution is 0.912. The number of hydrogen-bond acceptors (Lipinski definition) is 1. The first-order valence-electron chi connectivity index (χ1n) is 6.80. The zero-order valence-corrected chi connectivity index (χ0v) is 12.4. The van der Waals surface area contributed by atoms with Crippen molar-refractivity contribution in [1.82, 2.24) is 0 Å². The zero-order valence-electron chi connectivity index (χ0n) is 11.7. The summed E-state index contributed by atoms with van der Waals surface area (Å²) in [7, 11) is 0. The molecule has 1 nitrogen and oxygen atoms in total. The van der Waals surface area contributed by atoms with Crippen molar-refractivity contribution in [3.63, 3.8) is 0 Å². The number of halogens is 1. The van der Waals surface area contributed by atoms with E-state index in [4.69, 9.17) is 16.6 Å². The summed E-state index contributed by atoms with van der Waals surface area (Å²) in [5.41, 5.74) is 5.98. The third kappa shape index (κ3) is 3.57. The van der Waals surface area contributed by atoms with Crippen molar-refractivity contribution in [3.05, 3.63) is 58.3 Å². The van der Waals surface area contributed by atoms with Crippen LogP contribution in [-0.2, 0) is 6.42 Å². The van der Waals surface area contributed by atoms with E-state index in [1.807, 2.05) is 12.1 Å². The number of allylic oxidation sites excluding steroid dienone is 2. The van der Waals surface area contributed by atoms with Gasteiger partial charge in [0.05, 0.1) is 5.70 Å². The van der Waals surface area contributed by atoms with Crippen LogP contribution in [0.1, 0.15) is 37.3 Å². The Hall–Kier alpha value is -1.34. The van der Waals surface area contributed by atoms with Gasteiger partial charge < -0.3 is 0 Å². The first-order chi connectivity index (χ1) is 9.10. The molecule has 100 valence electrons. The molecule has 0 unspecified atom stereocenters. The number of hydrogen-bond donors (Lipinski definition) is 0. The molecule has 19 heavy (non-hydrogen) atoms. The van der Waals surface area contributed by atoms with Crippen LogP contribution in [0.15, 0.2) is 47.1 Å². The van der Waals surface area contributed by atoms with Crippen LogP contribution < -0.4 is 0 Å². The Morgan fingerprint density at radius 3 is 2.95 bits per heavy atom. The summed E-state index contributed by atoms with van der Waals surface area (Å²) < 4.78 is 0. The molecular formula is C17H20ClN. The maximum Gasteiger partial charge on any atom is 0.0619 e. The van der Waals surface area contributed by atoms with Gasteiger partial charge in [0.2, 0.25) is 0 Å². The molecule has 0 atom stereocenters. The SMILES string of the molecule is C=C(CCC)C1=CCC(Cc2cc(Cl)ccc2C)=N1. The molecular weight excluding hydrogens is 254 g/mol. The Labute approximate surface area is 120 Å². The lowest BCUT2D eigenvalue weighted by atomic mass is 10.0. The molecule has 0 N–H and O–H groups in total. The fourth-order valence-corrected chi connectivity index (χ4v) is 2.49. The van der Waals surface area contributed by atoms with Crippen LogP contribution >= 0.6 is 11.6 Å². The molecule has 0 saturated heterocycles. The van der Waals surface area contributed by atoms with Gasteiger partial charge in [-0.1, -0.05) is 43.7 Å². The largest absolute Gasteiger partial charge is 0.257 e. The lowest BCUT2D eigenvalue weighted by Gasteiger charge is -2.06. The van der Waals surface area contributed by atoms with E-state index in [-0.39, 0.29) is 0 Å². The normalized spacial score (nSPS) is 14.3. The first-order valence-corrected chi connectivity index (χ1v) is 7.17. The van der Waals surface area contributed by atoms with Crippen molar-refractivity contribution in [1.29, 1.82) is 0 Å². The van der Waals surface area contributed by atoms with Gasteiger partial charge in [0.1, 0.15) is 0 Å². The average molecular weight is 274 g/mol. The van der Waals surface area contributed by atoms with E-state index in [1.54, 1.807) is 0 Å². The predicted molar refractivity (Wildman–Crippen MR) is 84.1 cm³/mol. The van der Waals surface area contributed by atoms with Crippen LogP contribution in [0.4, 0.5) is 0 Å². The summed E-state index contributed by atoms with van der Waals surface area (Å²) in [5.74, 6) is 0. The maximum absolute atomic E-state index is 6.06. The highest BCUT2D eigenvalue weighted by molar-refractivity contribution is 6.30. The summed E-state index contributed by atoms with van der Waals surface area (Å²) >= 11 is 6.06. The standard InChI is InChI=1S/C17H20ClN/c1-4-5-13(3)17-9-8-16(19-17)11-14-10-15(18)7-6-12(14)2/h6-7,9-10H,3-5,8,11H2,1-2H3. The van der Waals surface area contributed by atoms with Gasteiger partial charge >= 0.3 is 0 Å². The quantitative estimate of drug-likeness (QED) is 0.692. The van der Waals surface area contributed by atoms with E-state index in [1.165, 1.54) is 16.8 Å². The first kappa shape index (κ1) is 14.1. The molecule has 0 amide bonds. The van der Waals surface area contributed by atoms with Crippen LogP contribution in [0.2, 0.25) is 5.02 Å². The number of benzene rings is 1. The molecule has 0 aromatic heterocycles. The monoisotopic (exact) mass is 273 g/mol. The van der Waals surface area contributed by atoms with E-state index >= 15 is 0 Å². The molecule has 1 aliphatic heterocycles. The fourth-order valence-electron chi connectivity index (χ4n) is 2.29. The second-order valence-corrected chi connectivity index (χ2v) is 5.51. The molecule has 1 aromatic rings. The molecule has 0 saturated carbocycles. The Morgan fingerprint density at radius 2 is 2.21 bits per heavy atom. The maximum atomic E-state index is 6.06. The van der Waals surface area contributed by atoms with Crippen molar-refractivity contribution >= 4 is 17.3 Å². The predicted octanol–water partition coefficient (Wildman–Crippen LogP) is 5.28. The van der Waals surface area contributed by atoms with Crippen LogP contribution in [0.5, 0.6) is 0 Å². The van der Waals surface area contributed by atoms with Gasteiger partial charge in [-0.3, -0.25) is 4.99 Å². The van der Waals surface area contributed by atoms with Crippen molar-refractivity contribution < 1.29 is 0 Å². The summed E-state index contributed by atoms with van der Waals surface area (Å²) in [6.45, 7) is 8.39. The highest BCUT2D eigenvalue weighted by Crippen LogP contribution is 2.24. The zero-order chi connectivity index (χ0) is 13.8. The van der Waals surface area contributed by atoms with E-state index < -0.39 is 0 Å². The number of rotatable bonds is 5. The van der Waals surface area contributed by atoms with Crippen molar-refractivity contribution in [2.45, 2.75) is 39.5 Å². The highest BCUT2D eigenvalue weighted by atomic mass is 35.5. The second-order valence-electron chi connectivity index (χ2n) is 5.07. The minimum absolute atomic E-state index is 0.794. The molecule has 1 heterocycles. The van der Waals surface area contributed by atoms with Gasteiger partial charge in [0, 0.05) is 23.6 Å². The van der Waals surface area contributed by atoms with Gasteiger partial charge in [-0.25, -0.2) is 0 Å². The Balaban J connectivity index is 2.08. The van der Waals surface area contributed by atoms with Gasteiger partial charge in [-0.05, 0) is 42.2 Å². The van der Waals surface area contributed by atoms with Crippen LogP contribution in [0.25, 0.3) is 0 Å². The van der Waals surface area contributed by atoms with Gasteiger partial charge in [0.25, 0.3) is 0 Å². The fraction of sp³-hybridized carbons (Fsp3) is 0.353. The highest BCUT2D eigenvalue weighted by Gasteiger charge is 2.12. The van der Waals surface area contributed by atoms with Crippen molar-refractivity contribution in [2.75, 3.05) is 0 Å². The summed E-state index contributed by atoms with van der Waals surface area (Å²) in [5, 5.41) is 0.794. The molecule has 0 bridgehead atoms. The number of aryl methyl sites for hydroxylation is 1. The van der Waals surface area contributed by atoms with Gasteiger partial charge in [-0.2, -0.15) is 0 Å². The third-order valence-corrected chi connectivity index (χ3v) is 3.66. The van der Waals surface area contributed by atoms with Crippen molar-refractivity contribution in [3.8, 4) is 0 Å². The summed E-state index contributed by atoms with van der Waals surface area (Å²) in [4.78, 5) is 4.71. The summed E-state index contributed by atoms with van der Waals surface area (Å²) in [6.07, 6.45) is 6.15. The van der Waals surface area contributed by atoms with E-state index in [9.17, 15) is 0 Å². The van der Waals surface area contributed by atoms with Gasteiger partial charge in [0.15, 0.2) is 0 Å². The van der Waals surface area contributed by atoms with Gasteiger partial charge in [-0.15, -0.1) is 0 Å². The minimum atomic E-state index is 0.794. The number of aliphatic imine (C=N–C) groups is 1. The molecule has 0 radical (unpaired) electrons. The average Bonchev–Trinajstić information content (AvgIpc) is 2.83. The molecule has 0 aliphatic carbocycles. The van der Waals surface area contributed by atoms with E-state index in [0.717, 1.165) is 42.0 Å². The molecule has 1 aromatic carbocycles. The Morgan fingerprint density at radius 1 is 1.42 bits per heavy atom. The molecule has 0 fully saturated rings. The van der Waals surface area contributed by atoms with Crippen molar-refractivity contribution in [2.24, 2.45) is 4.99 Å². The molecule has 2 heteroatoms. The van der Waals surface area contributed by atoms with E-state index in [2.05, 4.69) is 32.6 Å². The van der Waals surface area contributed by atoms with E-state index in [0.29, 0.717) is 0 Å². The Bertz CT molecular complexity index is 552. The summed E-state index contributed by atoms with van der Waals surface area (Å²) in [6, 6.07) is 6.04. The lowest BCUT2D eigenvalue weighted by Crippen LogP contribution is -2.01. The topological polar surface area (TPSA) is 12.4 Å². The van der Waals surface area contributed by atoms with Crippen LogP contribution in [-0.4, -0.2) is 5.71 Å². The third-order valence-electron chi connectivity index (χ3n) is 3.43. The van der Waals surface area contributed by atoms with Crippen LogP contribution in [0.3, 0.4) is 0 Å². The molecule has 1 aliphatic rings. The smallest absolute Gasteiger partial charge is 0.0619 e. The molecule has 0 spiro atoms. The number of nitrogens with zero attached hydrogens (tertiary/aromatic N) is 1. The second kappa shape index (κ2) is 6.21.